The third-order valence-corrected chi connectivity index (χ3v) is 0.236. The summed E-state index contributed by atoms with van der Waals surface area (Å²) in [6.07, 6.45) is -4.64. The summed E-state index contributed by atoms with van der Waals surface area (Å²) in [6.45, 7) is 0. The van der Waals surface area contributed by atoms with Crippen molar-refractivity contribution in [2.75, 3.05) is 0 Å². The molecule has 0 unspecified atom stereocenters. The second-order valence-corrected chi connectivity index (χ2v) is 0.830. The largest absolute Gasteiger partial charge is 0.418 e. The predicted octanol–water partition coefficient (Wildman–Crippen LogP) is 1.35. The van der Waals surface area contributed by atoms with Gasteiger partial charge in [0.2, 0.25) is 0 Å². The van der Waals surface area contributed by atoms with Crippen molar-refractivity contribution in [3.05, 3.63) is 6.08 Å². The third-order valence-electron chi connectivity index (χ3n) is 0.236. The molecule has 0 saturated heterocycles. The van der Waals surface area contributed by atoms with Gasteiger partial charge in [0.1, 0.15) is 0 Å². The van der Waals surface area contributed by atoms with Crippen LogP contribution in [0, 0.1) is 5.41 Å². The lowest BCUT2D eigenvalue weighted by molar-refractivity contribution is -0.0785. The molecular weight excluding hydrogens is 107 g/mol. The van der Waals surface area contributed by atoms with E-state index in [2.05, 4.69) is 0 Å². The molecule has 0 aliphatic heterocycles. The summed E-state index contributed by atoms with van der Waals surface area (Å²) in [7, 11) is 0. The summed E-state index contributed by atoms with van der Waals surface area (Å²) < 4.78 is 32.5. The van der Waals surface area contributed by atoms with E-state index in [1.54, 1.807) is 0 Å². The first kappa shape index (κ1) is 6.24. The van der Waals surface area contributed by atoms with Crippen LogP contribution in [-0.2, 0) is 0 Å². The Labute approximate surface area is 38.0 Å². The van der Waals surface area contributed by atoms with Crippen molar-refractivity contribution in [2.24, 2.45) is 0 Å². The minimum absolute atomic E-state index is 0.271. The number of halogens is 3. The van der Waals surface area contributed by atoms with E-state index >= 15 is 0 Å². The van der Waals surface area contributed by atoms with E-state index in [0.29, 0.717) is 0 Å². The summed E-state index contributed by atoms with van der Waals surface area (Å²) in [5.41, 5.74) is 0. The van der Waals surface area contributed by atoms with E-state index in [1.807, 2.05) is 0 Å². The average Bonchev–Trinajstić information content (AvgIpc) is 1.30. The summed E-state index contributed by atoms with van der Waals surface area (Å²) in [5.74, 6) is 1.11. The zero-order valence-electron chi connectivity index (χ0n) is 3.21. The van der Waals surface area contributed by atoms with Gasteiger partial charge in [0.25, 0.3) is 0 Å². The number of nitrogens with one attached hydrogen (secondary N) is 1. The van der Waals surface area contributed by atoms with E-state index in [0.717, 1.165) is 5.87 Å². The molecule has 1 N–H and O–H groups in total. The van der Waals surface area contributed by atoms with Crippen LogP contribution in [0.4, 0.5) is 13.2 Å². The van der Waals surface area contributed by atoms with Crippen LogP contribution in [0.1, 0.15) is 0 Å². The molecular formula is C3H2F3N. The maximum Gasteiger partial charge on any atom is 0.418 e. The van der Waals surface area contributed by atoms with Crippen LogP contribution in [-0.4, -0.2) is 12.0 Å². The number of allylic oxidation sites excluding steroid dienone is 1. The molecule has 0 aliphatic carbocycles. The molecule has 0 bridgehead atoms. The molecule has 0 aromatic rings. The smallest absolute Gasteiger partial charge is 0.259 e. The fourth-order valence-corrected chi connectivity index (χ4v) is 0.0818. The van der Waals surface area contributed by atoms with E-state index in [4.69, 9.17) is 5.41 Å². The summed E-state index contributed by atoms with van der Waals surface area (Å²) in [4.78, 5) is 0. The second-order valence-electron chi connectivity index (χ2n) is 0.830. The Bertz CT molecular complexity index is 97.2. The maximum atomic E-state index is 10.8. The zero-order chi connectivity index (χ0) is 5.91. The van der Waals surface area contributed by atoms with Gasteiger partial charge in [0.05, 0.1) is 6.08 Å². The SMILES string of the molecule is N=C=CC(F)(F)F. The number of alkyl halides is 3. The normalized spacial score (nSPS) is 10.1. The minimum Gasteiger partial charge on any atom is -0.259 e. The number of rotatable bonds is 0. The van der Waals surface area contributed by atoms with Crippen LogP contribution in [0.2, 0.25) is 0 Å². The molecule has 0 amide bonds. The molecule has 0 atom stereocenters. The molecule has 0 rings (SSSR count). The highest BCUT2D eigenvalue weighted by molar-refractivity contribution is 5.48. The lowest BCUT2D eigenvalue weighted by Gasteiger charge is -1.90. The highest BCUT2D eigenvalue weighted by Gasteiger charge is 2.21. The van der Waals surface area contributed by atoms with E-state index in [1.165, 1.54) is 0 Å². The van der Waals surface area contributed by atoms with Gasteiger partial charge in [-0.1, -0.05) is 0 Å². The second kappa shape index (κ2) is 1.80. The van der Waals surface area contributed by atoms with Crippen molar-refractivity contribution in [3.63, 3.8) is 0 Å². The lowest BCUT2D eigenvalue weighted by atomic mass is 10.6. The van der Waals surface area contributed by atoms with Gasteiger partial charge in [-0.25, -0.2) is 0 Å². The van der Waals surface area contributed by atoms with Gasteiger partial charge >= 0.3 is 6.18 Å². The van der Waals surface area contributed by atoms with Crippen LogP contribution in [0.3, 0.4) is 0 Å². The van der Waals surface area contributed by atoms with E-state index in [9.17, 15) is 13.2 Å². The molecule has 0 saturated carbocycles. The molecule has 40 valence electrons. The van der Waals surface area contributed by atoms with E-state index in [-0.39, 0.29) is 6.08 Å². The first-order valence-electron chi connectivity index (χ1n) is 1.39. The quantitative estimate of drug-likeness (QED) is 0.454. The van der Waals surface area contributed by atoms with E-state index < -0.39 is 6.18 Å². The van der Waals surface area contributed by atoms with Gasteiger partial charge in [-0.15, -0.1) is 0 Å². The first-order chi connectivity index (χ1) is 3.06. The fourth-order valence-electron chi connectivity index (χ4n) is 0.0818. The molecule has 0 heterocycles. The molecule has 0 aromatic carbocycles. The Hall–Kier alpha value is -0.760. The number of hydrogen-bond donors (Lipinski definition) is 1. The van der Waals surface area contributed by atoms with Crippen LogP contribution in [0.15, 0.2) is 6.08 Å². The van der Waals surface area contributed by atoms with Crippen LogP contribution in [0.5, 0.6) is 0 Å². The Kier molecular flexibility index (Phi) is 1.60. The summed E-state index contributed by atoms with van der Waals surface area (Å²) >= 11 is 0. The molecule has 0 aliphatic rings. The van der Waals surface area contributed by atoms with Crippen molar-refractivity contribution in [2.45, 2.75) is 6.18 Å². The third kappa shape index (κ3) is 5.24. The lowest BCUT2D eigenvalue weighted by Crippen LogP contribution is -2.00. The van der Waals surface area contributed by atoms with Gasteiger partial charge in [0.15, 0.2) is 0 Å². The van der Waals surface area contributed by atoms with Gasteiger partial charge in [-0.3, -0.25) is 5.41 Å². The summed E-state index contributed by atoms with van der Waals surface area (Å²) in [5, 5.41) is 5.83. The monoisotopic (exact) mass is 109 g/mol. The molecule has 0 aromatic heterocycles. The van der Waals surface area contributed by atoms with Gasteiger partial charge < -0.3 is 0 Å². The molecule has 4 heteroatoms. The van der Waals surface area contributed by atoms with Crippen molar-refractivity contribution in [3.8, 4) is 0 Å². The number of hydrogen-bond acceptors (Lipinski definition) is 1. The molecule has 7 heavy (non-hydrogen) atoms. The Balaban J connectivity index is 3.80. The standard InChI is InChI=1S/C3H2F3N/c4-3(5,6)1-2-7/h1,7H. The topological polar surface area (TPSA) is 23.9 Å². The van der Waals surface area contributed by atoms with Crippen molar-refractivity contribution in [1.29, 1.82) is 5.41 Å². The average molecular weight is 109 g/mol. The summed E-state index contributed by atoms with van der Waals surface area (Å²) in [6, 6.07) is 0. The van der Waals surface area contributed by atoms with Gasteiger partial charge in [-0.05, 0) is 5.87 Å². The molecule has 1 nitrogen and oxygen atoms in total. The van der Waals surface area contributed by atoms with Crippen LogP contribution >= 0.6 is 0 Å². The molecule has 0 radical (unpaired) electrons. The van der Waals surface area contributed by atoms with Crippen LogP contribution in [0.25, 0.3) is 0 Å². The Morgan fingerprint density at radius 2 is 1.86 bits per heavy atom. The Morgan fingerprint density at radius 3 is 1.86 bits per heavy atom. The Morgan fingerprint density at radius 1 is 1.43 bits per heavy atom. The van der Waals surface area contributed by atoms with Gasteiger partial charge in [0, 0.05) is 0 Å². The fraction of sp³-hybridized carbons (Fsp3) is 0.333. The molecule has 0 spiro atoms. The zero-order valence-corrected chi connectivity index (χ0v) is 3.21. The van der Waals surface area contributed by atoms with Crippen LogP contribution < -0.4 is 0 Å². The maximum absolute atomic E-state index is 10.8. The predicted molar refractivity (Wildman–Crippen MR) is 18.4 cm³/mol. The first-order valence-corrected chi connectivity index (χ1v) is 1.39. The highest BCUT2D eigenvalue weighted by atomic mass is 19.4. The highest BCUT2D eigenvalue weighted by Crippen LogP contribution is 2.13. The van der Waals surface area contributed by atoms with Crippen molar-refractivity contribution in [1.82, 2.24) is 0 Å². The van der Waals surface area contributed by atoms with Gasteiger partial charge in [-0.2, -0.15) is 13.2 Å². The molecule has 0 fully saturated rings. The minimum atomic E-state index is -4.37. The van der Waals surface area contributed by atoms with Crippen molar-refractivity contribution >= 4 is 5.87 Å². The van der Waals surface area contributed by atoms with Crippen molar-refractivity contribution < 1.29 is 13.2 Å².